The Morgan fingerprint density at radius 3 is 2.26 bits per heavy atom. The first-order valence-corrected chi connectivity index (χ1v) is 9.64. The second-order valence-corrected chi connectivity index (χ2v) is 6.65. The van der Waals surface area contributed by atoms with Gasteiger partial charge in [0.05, 0.1) is 44.6 Å². The van der Waals surface area contributed by atoms with E-state index in [1.54, 1.807) is 13.8 Å². The molecule has 0 radical (unpaired) electrons. The smallest absolute Gasteiger partial charge is 0.316 e. The van der Waals surface area contributed by atoms with E-state index in [-0.39, 0.29) is 35.8 Å². The summed E-state index contributed by atoms with van der Waals surface area (Å²) in [5, 5.41) is 10.5. The molecule has 12 heteroatoms. The summed E-state index contributed by atoms with van der Waals surface area (Å²) in [6, 6.07) is 1.39. The van der Waals surface area contributed by atoms with Gasteiger partial charge in [0.15, 0.2) is 5.79 Å². The molecule has 1 saturated heterocycles. The van der Waals surface area contributed by atoms with Crippen LogP contribution in [-0.4, -0.2) is 57.4 Å². The molecule has 10 nitrogen and oxygen atoms in total. The van der Waals surface area contributed by atoms with Crippen molar-refractivity contribution in [2.45, 2.75) is 32.5 Å². The number of benzene rings is 1. The molecule has 1 aliphatic heterocycles. The van der Waals surface area contributed by atoms with Crippen LogP contribution < -0.4 is 4.74 Å². The topological polar surface area (TPSA) is 123 Å². The van der Waals surface area contributed by atoms with Crippen molar-refractivity contribution in [1.29, 1.82) is 0 Å². The predicted molar refractivity (Wildman–Crippen MR) is 106 cm³/mol. The SMILES string of the molecule is CCOc1c(C2(C)OCCO2)cc(Cl)c(F)c1CC[N+](=O)[O-].COC(=O)CC(=O)OC. The van der Waals surface area contributed by atoms with Crippen LogP contribution in [0.25, 0.3) is 0 Å². The van der Waals surface area contributed by atoms with E-state index in [4.69, 9.17) is 25.8 Å². The minimum atomic E-state index is -1.11. The van der Waals surface area contributed by atoms with Gasteiger partial charge in [-0.25, -0.2) is 4.39 Å². The van der Waals surface area contributed by atoms with Gasteiger partial charge in [0.25, 0.3) is 0 Å². The normalized spacial score (nSPS) is 14.3. The van der Waals surface area contributed by atoms with Crippen molar-refractivity contribution in [3.8, 4) is 5.75 Å². The Kier molecular flexibility index (Phi) is 10.6. The van der Waals surface area contributed by atoms with Crippen molar-refractivity contribution < 1.29 is 42.6 Å². The quantitative estimate of drug-likeness (QED) is 0.246. The molecule has 174 valence electrons. The van der Waals surface area contributed by atoms with E-state index in [0.717, 1.165) is 0 Å². The van der Waals surface area contributed by atoms with E-state index in [2.05, 4.69) is 9.47 Å². The first kappa shape index (κ1) is 26.5. The van der Waals surface area contributed by atoms with Gasteiger partial charge >= 0.3 is 11.9 Å². The van der Waals surface area contributed by atoms with Gasteiger partial charge in [-0.1, -0.05) is 11.6 Å². The lowest BCUT2D eigenvalue weighted by Gasteiger charge is -2.27. The Morgan fingerprint density at radius 2 is 1.81 bits per heavy atom. The van der Waals surface area contributed by atoms with E-state index >= 15 is 0 Å². The van der Waals surface area contributed by atoms with Crippen molar-refractivity contribution >= 4 is 23.5 Å². The highest BCUT2D eigenvalue weighted by molar-refractivity contribution is 6.31. The molecule has 1 heterocycles. The minimum Gasteiger partial charge on any atom is -0.493 e. The van der Waals surface area contributed by atoms with Crippen LogP contribution in [0.5, 0.6) is 5.75 Å². The van der Waals surface area contributed by atoms with Crippen LogP contribution in [0.15, 0.2) is 6.07 Å². The van der Waals surface area contributed by atoms with E-state index in [1.807, 2.05) is 0 Å². The van der Waals surface area contributed by atoms with Crippen LogP contribution in [0, 0.1) is 15.9 Å². The molecule has 1 aromatic rings. The summed E-state index contributed by atoms with van der Waals surface area (Å²) >= 11 is 5.94. The number of ether oxygens (including phenoxy) is 5. The van der Waals surface area contributed by atoms with Crippen molar-refractivity contribution in [2.24, 2.45) is 0 Å². The maximum atomic E-state index is 14.3. The van der Waals surface area contributed by atoms with Crippen molar-refractivity contribution in [1.82, 2.24) is 0 Å². The van der Waals surface area contributed by atoms with Crippen molar-refractivity contribution in [3.63, 3.8) is 0 Å². The molecule has 0 bridgehead atoms. The van der Waals surface area contributed by atoms with Crippen molar-refractivity contribution in [2.75, 3.05) is 40.6 Å². The summed E-state index contributed by atoms with van der Waals surface area (Å²) in [6.07, 6.45) is -0.440. The maximum Gasteiger partial charge on any atom is 0.316 e. The zero-order valence-corrected chi connectivity index (χ0v) is 18.5. The zero-order chi connectivity index (χ0) is 23.6. The van der Waals surface area contributed by atoms with E-state index in [9.17, 15) is 24.1 Å². The van der Waals surface area contributed by atoms with Gasteiger partial charge < -0.3 is 23.7 Å². The zero-order valence-electron chi connectivity index (χ0n) is 17.7. The molecule has 0 aromatic heterocycles. The van der Waals surface area contributed by atoms with Crippen LogP contribution in [0.1, 0.15) is 31.4 Å². The number of rotatable bonds is 8. The molecule has 0 saturated carbocycles. The van der Waals surface area contributed by atoms with Gasteiger partial charge in [-0.05, 0) is 19.9 Å². The van der Waals surface area contributed by atoms with Gasteiger partial charge in [0.2, 0.25) is 6.54 Å². The molecule has 31 heavy (non-hydrogen) atoms. The summed E-state index contributed by atoms with van der Waals surface area (Å²) in [5.74, 6) is -2.78. The second-order valence-electron chi connectivity index (χ2n) is 6.24. The van der Waals surface area contributed by atoms with Gasteiger partial charge in [-0.2, -0.15) is 0 Å². The van der Waals surface area contributed by atoms with Crippen LogP contribution in [-0.2, 0) is 40.7 Å². The number of carbonyl (C=O) groups is 2. The highest BCUT2D eigenvalue weighted by atomic mass is 35.5. The summed E-state index contributed by atoms with van der Waals surface area (Å²) in [6.45, 7) is 4.06. The lowest BCUT2D eigenvalue weighted by atomic mass is 9.99. The molecule has 0 spiro atoms. The maximum absolute atomic E-state index is 14.3. The summed E-state index contributed by atoms with van der Waals surface area (Å²) in [4.78, 5) is 30.6. The minimum absolute atomic E-state index is 0.0707. The Labute approximate surface area is 183 Å². The molecule has 2 rings (SSSR count). The molecule has 0 unspecified atom stereocenters. The standard InChI is InChI=1S/C14H17ClFNO5.C5H8O4/c1-3-20-13-9(4-5-17(18)19)12(16)11(15)8-10(13)14(2)21-6-7-22-14;1-8-4(6)3-5(7)9-2/h8H,3-7H2,1-2H3;3H2,1-2H3. The summed E-state index contributed by atoms with van der Waals surface area (Å²) in [7, 11) is 2.43. The van der Waals surface area contributed by atoms with Gasteiger partial charge in [-0.15, -0.1) is 0 Å². The largest absolute Gasteiger partial charge is 0.493 e. The number of hydrogen-bond donors (Lipinski definition) is 0. The fourth-order valence-corrected chi connectivity index (χ4v) is 2.89. The van der Waals surface area contributed by atoms with Crippen molar-refractivity contribution in [3.05, 3.63) is 38.1 Å². The monoisotopic (exact) mass is 465 g/mol. The number of halogens is 2. The molecule has 0 N–H and O–H groups in total. The van der Waals surface area contributed by atoms with Crippen LogP contribution in [0.3, 0.4) is 0 Å². The van der Waals surface area contributed by atoms with Crippen LogP contribution in [0.2, 0.25) is 5.02 Å². The number of nitro groups is 1. The lowest BCUT2D eigenvalue weighted by molar-refractivity contribution is -0.479. The molecular formula is C19H25ClFNO9. The lowest BCUT2D eigenvalue weighted by Crippen LogP contribution is -2.25. The first-order valence-electron chi connectivity index (χ1n) is 9.27. The number of hydrogen-bond acceptors (Lipinski definition) is 9. The van der Waals surface area contributed by atoms with E-state index in [0.29, 0.717) is 18.8 Å². The summed E-state index contributed by atoms with van der Waals surface area (Å²) in [5.41, 5.74) is 0.512. The van der Waals surface area contributed by atoms with Gasteiger partial charge in [0, 0.05) is 16.9 Å². The molecule has 1 fully saturated rings. The third kappa shape index (κ3) is 7.60. The molecule has 0 atom stereocenters. The Morgan fingerprint density at radius 1 is 1.26 bits per heavy atom. The predicted octanol–water partition coefficient (Wildman–Crippen LogP) is 2.64. The molecule has 1 aliphatic rings. The second kappa shape index (κ2) is 12.4. The van der Waals surface area contributed by atoms with E-state index in [1.165, 1.54) is 20.3 Å². The molecule has 0 amide bonds. The number of nitrogens with zero attached hydrogens (tertiary/aromatic N) is 1. The average molecular weight is 466 g/mol. The third-order valence-electron chi connectivity index (χ3n) is 4.17. The first-order chi connectivity index (χ1) is 14.6. The summed E-state index contributed by atoms with van der Waals surface area (Å²) < 4.78 is 39.4. The molecule has 1 aromatic carbocycles. The highest BCUT2D eigenvalue weighted by Gasteiger charge is 2.38. The van der Waals surface area contributed by atoms with Gasteiger partial charge in [0.1, 0.15) is 18.0 Å². The Hall–Kier alpha value is -2.50. The third-order valence-corrected chi connectivity index (χ3v) is 4.44. The molecule has 0 aliphatic carbocycles. The van der Waals surface area contributed by atoms with Crippen LogP contribution in [0.4, 0.5) is 4.39 Å². The van der Waals surface area contributed by atoms with Crippen LogP contribution >= 0.6 is 11.6 Å². The van der Waals surface area contributed by atoms with Gasteiger partial charge in [-0.3, -0.25) is 19.7 Å². The number of methoxy groups -OCH3 is 2. The fraction of sp³-hybridized carbons (Fsp3) is 0.579. The fourth-order valence-electron chi connectivity index (χ4n) is 2.67. The van der Waals surface area contributed by atoms with E-state index < -0.39 is 35.0 Å². The number of carbonyl (C=O) groups excluding carboxylic acids is 2. The Bertz CT molecular complexity index is 783. The Balaban J connectivity index is 0.000000452. The number of esters is 2. The molecular weight excluding hydrogens is 441 g/mol. The highest BCUT2D eigenvalue weighted by Crippen LogP contribution is 2.42. The average Bonchev–Trinajstić information content (AvgIpc) is 3.17.